The van der Waals surface area contributed by atoms with Gasteiger partial charge < -0.3 is 15.0 Å². The molecule has 0 atom stereocenters. The molecule has 106 valence electrons. The molecule has 1 aliphatic rings. The second kappa shape index (κ2) is 5.48. The summed E-state index contributed by atoms with van der Waals surface area (Å²) in [4.78, 5) is 0. The average Bonchev–Trinajstić information content (AvgIpc) is 2.75. The summed E-state index contributed by atoms with van der Waals surface area (Å²) < 4.78 is 11.9. The van der Waals surface area contributed by atoms with Crippen LogP contribution in [0.4, 0.5) is 5.88 Å². The van der Waals surface area contributed by atoms with E-state index in [9.17, 15) is 0 Å². The molecule has 5 heteroatoms. The average molecular weight is 337 g/mol. The highest BCUT2D eigenvalue weighted by Gasteiger charge is 2.21. The zero-order valence-corrected chi connectivity index (χ0v) is 12.9. The van der Waals surface area contributed by atoms with Crippen molar-refractivity contribution >= 4 is 21.8 Å². The molecule has 1 heterocycles. The zero-order chi connectivity index (χ0) is 14.1. The van der Waals surface area contributed by atoms with Gasteiger partial charge in [0, 0.05) is 5.56 Å². The van der Waals surface area contributed by atoms with E-state index in [0.29, 0.717) is 11.8 Å². The number of benzene rings is 1. The Bertz CT molecular complexity index is 620. The monoisotopic (exact) mass is 336 g/mol. The lowest BCUT2D eigenvalue weighted by molar-refractivity contribution is 0.180. The molecule has 20 heavy (non-hydrogen) atoms. The molecule has 0 unspecified atom stereocenters. The molecule has 0 aliphatic heterocycles. The molecule has 0 saturated heterocycles. The van der Waals surface area contributed by atoms with Crippen LogP contribution in [0.3, 0.4) is 0 Å². The van der Waals surface area contributed by atoms with Gasteiger partial charge in [-0.15, -0.1) is 0 Å². The van der Waals surface area contributed by atoms with Gasteiger partial charge in [-0.05, 0) is 59.3 Å². The predicted octanol–water partition coefficient (Wildman–Crippen LogP) is 4.17. The quantitative estimate of drug-likeness (QED) is 0.909. The summed E-state index contributed by atoms with van der Waals surface area (Å²) in [6.07, 6.45) is 5.46. The second-order valence-electron chi connectivity index (χ2n) is 5.34. The fraction of sp³-hybridized carbons (Fsp3) is 0.400. The molecule has 4 nitrogen and oxygen atoms in total. The van der Waals surface area contributed by atoms with Crippen LogP contribution in [0.2, 0.25) is 0 Å². The Morgan fingerprint density at radius 2 is 2.20 bits per heavy atom. The smallest absolute Gasteiger partial charge is 0.230 e. The summed E-state index contributed by atoms with van der Waals surface area (Å²) in [5.41, 5.74) is 8.66. The molecule has 1 aliphatic carbocycles. The normalized spacial score (nSPS) is 15.1. The first-order valence-corrected chi connectivity index (χ1v) is 7.58. The van der Waals surface area contributed by atoms with Crippen LogP contribution in [-0.4, -0.2) is 11.8 Å². The summed E-state index contributed by atoms with van der Waals surface area (Å²) in [7, 11) is 0. The fourth-order valence-corrected chi connectivity index (χ4v) is 3.08. The number of hydrogen-bond donors (Lipinski definition) is 1. The molecular weight excluding hydrogens is 320 g/mol. The molecule has 0 spiro atoms. The van der Waals surface area contributed by atoms with E-state index in [-0.39, 0.29) is 0 Å². The van der Waals surface area contributed by atoms with Crippen LogP contribution >= 0.6 is 15.9 Å². The minimum absolute atomic E-state index is 0.316. The van der Waals surface area contributed by atoms with Gasteiger partial charge in [-0.3, -0.25) is 0 Å². The standard InChI is InChI=1S/C15H17BrN2O2/c1-9-5-11(12-7-18-20-15(12)17)14(13(16)6-9)19-8-10-3-2-4-10/h5-7,10H,2-4,8,17H2,1H3. The zero-order valence-electron chi connectivity index (χ0n) is 11.4. The van der Waals surface area contributed by atoms with E-state index < -0.39 is 0 Å². The molecule has 0 amide bonds. The van der Waals surface area contributed by atoms with E-state index in [1.165, 1.54) is 19.3 Å². The Hall–Kier alpha value is -1.49. The van der Waals surface area contributed by atoms with Crippen LogP contribution in [0.25, 0.3) is 11.1 Å². The van der Waals surface area contributed by atoms with Crippen LogP contribution < -0.4 is 10.5 Å². The van der Waals surface area contributed by atoms with Crippen molar-refractivity contribution in [3.05, 3.63) is 28.4 Å². The Balaban J connectivity index is 1.95. The lowest BCUT2D eigenvalue weighted by Gasteiger charge is -2.26. The third-order valence-corrected chi connectivity index (χ3v) is 4.35. The van der Waals surface area contributed by atoms with Gasteiger partial charge in [0.05, 0.1) is 22.8 Å². The van der Waals surface area contributed by atoms with Crippen LogP contribution in [0.15, 0.2) is 27.3 Å². The Morgan fingerprint density at radius 3 is 2.80 bits per heavy atom. The van der Waals surface area contributed by atoms with Gasteiger partial charge in [0.25, 0.3) is 0 Å². The molecule has 0 bridgehead atoms. The van der Waals surface area contributed by atoms with Gasteiger partial charge >= 0.3 is 0 Å². The van der Waals surface area contributed by atoms with Crippen molar-refractivity contribution in [1.82, 2.24) is 5.16 Å². The van der Waals surface area contributed by atoms with E-state index in [4.69, 9.17) is 15.0 Å². The molecule has 3 rings (SSSR count). The van der Waals surface area contributed by atoms with E-state index >= 15 is 0 Å². The number of hydrogen-bond acceptors (Lipinski definition) is 4. The lowest BCUT2D eigenvalue weighted by Crippen LogP contribution is -2.19. The molecule has 2 N–H and O–H groups in total. The largest absolute Gasteiger partial charge is 0.491 e. The highest BCUT2D eigenvalue weighted by atomic mass is 79.9. The minimum atomic E-state index is 0.316. The van der Waals surface area contributed by atoms with Crippen LogP contribution in [0, 0.1) is 12.8 Å². The molecule has 1 saturated carbocycles. The SMILES string of the molecule is Cc1cc(Br)c(OCC2CCC2)c(-c2cnoc2N)c1. The second-order valence-corrected chi connectivity index (χ2v) is 6.19. The van der Waals surface area contributed by atoms with Crippen molar-refractivity contribution in [2.75, 3.05) is 12.3 Å². The molecule has 1 aromatic carbocycles. The highest BCUT2D eigenvalue weighted by Crippen LogP contribution is 2.40. The van der Waals surface area contributed by atoms with Crippen molar-refractivity contribution in [2.24, 2.45) is 5.92 Å². The van der Waals surface area contributed by atoms with Gasteiger partial charge in [-0.25, -0.2) is 0 Å². The first-order valence-electron chi connectivity index (χ1n) is 6.78. The summed E-state index contributed by atoms with van der Waals surface area (Å²) in [6, 6.07) is 4.09. The van der Waals surface area contributed by atoms with Crippen molar-refractivity contribution in [3.63, 3.8) is 0 Å². The molecule has 1 aromatic heterocycles. The van der Waals surface area contributed by atoms with Crippen molar-refractivity contribution < 1.29 is 9.26 Å². The molecular formula is C15H17BrN2O2. The van der Waals surface area contributed by atoms with E-state index in [1.807, 2.05) is 19.1 Å². The van der Waals surface area contributed by atoms with Gasteiger partial charge in [-0.2, -0.15) is 0 Å². The highest BCUT2D eigenvalue weighted by molar-refractivity contribution is 9.10. The minimum Gasteiger partial charge on any atom is -0.491 e. The third-order valence-electron chi connectivity index (χ3n) is 3.76. The molecule has 0 radical (unpaired) electrons. The number of nitrogens with zero attached hydrogens (tertiary/aromatic N) is 1. The van der Waals surface area contributed by atoms with Crippen molar-refractivity contribution in [3.8, 4) is 16.9 Å². The molecule has 1 fully saturated rings. The number of aryl methyl sites for hydroxylation is 1. The van der Waals surface area contributed by atoms with Crippen LogP contribution in [-0.2, 0) is 0 Å². The Labute approximate surface area is 126 Å². The van der Waals surface area contributed by atoms with E-state index in [1.54, 1.807) is 6.20 Å². The Kier molecular flexibility index (Phi) is 3.70. The maximum Gasteiger partial charge on any atom is 0.230 e. The van der Waals surface area contributed by atoms with Crippen LogP contribution in [0.1, 0.15) is 24.8 Å². The summed E-state index contributed by atoms with van der Waals surface area (Å²) in [5.74, 6) is 1.81. The number of aromatic nitrogens is 1. The molecule has 2 aromatic rings. The van der Waals surface area contributed by atoms with Crippen LogP contribution in [0.5, 0.6) is 5.75 Å². The Morgan fingerprint density at radius 1 is 1.40 bits per heavy atom. The first-order chi connectivity index (χ1) is 9.65. The van der Waals surface area contributed by atoms with Gasteiger partial charge in [0.1, 0.15) is 5.75 Å². The van der Waals surface area contributed by atoms with Crippen molar-refractivity contribution in [2.45, 2.75) is 26.2 Å². The topological polar surface area (TPSA) is 61.3 Å². The summed E-state index contributed by atoms with van der Waals surface area (Å²) >= 11 is 3.58. The predicted molar refractivity (Wildman–Crippen MR) is 81.6 cm³/mol. The van der Waals surface area contributed by atoms with Crippen molar-refractivity contribution in [1.29, 1.82) is 0 Å². The maximum absolute atomic E-state index is 6.03. The number of halogens is 1. The van der Waals surface area contributed by atoms with E-state index in [2.05, 4.69) is 21.1 Å². The third kappa shape index (κ3) is 2.54. The van der Waals surface area contributed by atoms with Gasteiger partial charge in [-0.1, -0.05) is 11.6 Å². The number of rotatable bonds is 4. The first kappa shape index (κ1) is 13.5. The summed E-state index contributed by atoms with van der Waals surface area (Å²) in [5, 5.41) is 3.75. The number of nitrogen functional groups attached to an aromatic ring is 1. The lowest BCUT2D eigenvalue weighted by atomic mass is 9.86. The summed E-state index contributed by atoms with van der Waals surface area (Å²) in [6.45, 7) is 2.79. The maximum atomic E-state index is 6.03. The number of anilines is 1. The fourth-order valence-electron chi connectivity index (χ4n) is 2.39. The number of nitrogens with two attached hydrogens (primary N) is 1. The van der Waals surface area contributed by atoms with E-state index in [0.717, 1.165) is 33.5 Å². The van der Waals surface area contributed by atoms with Gasteiger partial charge in [0.2, 0.25) is 5.88 Å². The number of ether oxygens (including phenoxy) is 1. The van der Waals surface area contributed by atoms with Gasteiger partial charge in [0.15, 0.2) is 0 Å².